The lowest BCUT2D eigenvalue weighted by Crippen LogP contribution is -2.46. The topological polar surface area (TPSA) is 93.5 Å². The van der Waals surface area contributed by atoms with E-state index in [9.17, 15) is 9.59 Å². The van der Waals surface area contributed by atoms with Crippen molar-refractivity contribution in [1.82, 2.24) is 10.6 Å². The van der Waals surface area contributed by atoms with Gasteiger partial charge in [-0.05, 0) is 12.0 Å². The van der Waals surface area contributed by atoms with Crippen molar-refractivity contribution >= 4 is 11.8 Å². The van der Waals surface area contributed by atoms with Crippen LogP contribution in [0.15, 0.2) is 30.3 Å². The van der Waals surface area contributed by atoms with Crippen LogP contribution in [0.2, 0.25) is 0 Å². The first-order chi connectivity index (χ1) is 9.63. The van der Waals surface area contributed by atoms with Gasteiger partial charge in [-0.15, -0.1) is 0 Å². The first-order valence-electron chi connectivity index (χ1n) is 6.46. The van der Waals surface area contributed by atoms with E-state index in [0.29, 0.717) is 19.6 Å². The normalized spacial score (nSPS) is 11.7. The van der Waals surface area contributed by atoms with Crippen molar-refractivity contribution in [1.29, 1.82) is 0 Å². The molecule has 0 bridgehead atoms. The monoisotopic (exact) mass is 279 g/mol. The fraction of sp³-hybridized carbons (Fsp3) is 0.429. The van der Waals surface area contributed by atoms with Gasteiger partial charge in [0.25, 0.3) is 0 Å². The Morgan fingerprint density at radius 1 is 1.25 bits per heavy atom. The van der Waals surface area contributed by atoms with Crippen LogP contribution < -0.4 is 16.4 Å². The molecule has 0 unspecified atom stereocenters. The summed E-state index contributed by atoms with van der Waals surface area (Å²) in [5.74, 6) is -0.599. The molecule has 1 aromatic carbocycles. The lowest BCUT2D eigenvalue weighted by atomic mass is 10.1. The van der Waals surface area contributed by atoms with Gasteiger partial charge in [0.15, 0.2) is 0 Å². The van der Waals surface area contributed by atoms with E-state index in [2.05, 4.69) is 10.6 Å². The lowest BCUT2D eigenvalue weighted by Gasteiger charge is -2.12. The molecule has 0 heterocycles. The summed E-state index contributed by atoms with van der Waals surface area (Å²) in [4.78, 5) is 23.1. The van der Waals surface area contributed by atoms with E-state index >= 15 is 0 Å². The molecule has 1 aromatic rings. The highest BCUT2D eigenvalue weighted by Gasteiger charge is 2.14. The number of rotatable bonds is 8. The number of benzene rings is 1. The number of nitrogens with two attached hydrogens (primary N) is 1. The molecule has 0 fully saturated rings. The molecule has 2 amide bonds. The molecule has 20 heavy (non-hydrogen) atoms. The largest absolute Gasteiger partial charge is 0.383 e. The fourth-order valence-electron chi connectivity index (χ4n) is 1.61. The maximum atomic E-state index is 11.7. The van der Waals surface area contributed by atoms with Crippen LogP contribution in [-0.4, -0.2) is 44.7 Å². The number of methoxy groups -OCH3 is 1. The van der Waals surface area contributed by atoms with Crippen molar-refractivity contribution < 1.29 is 14.3 Å². The molecule has 1 atom stereocenters. The molecular weight excluding hydrogens is 258 g/mol. The van der Waals surface area contributed by atoms with Crippen LogP contribution in [0, 0.1) is 0 Å². The molecule has 0 saturated heterocycles. The van der Waals surface area contributed by atoms with Crippen molar-refractivity contribution in [3.8, 4) is 0 Å². The zero-order valence-electron chi connectivity index (χ0n) is 11.6. The summed E-state index contributed by atoms with van der Waals surface area (Å²) in [5.41, 5.74) is 6.78. The maximum Gasteiger partial charge on any atom is 0.239 e. The SMILES string of the molecule is COCCNC(=O)CNC(=O)[C@H](N)Cc1ccccc1. The maximum absolute atomic E-state index is 11.7. The van der Waals surface area contributed by atoms with Gasteiger partial charge in [-0.2, -0.15) is 0 Å². The van der Waals surface area contributed by atoms with Gasteiger partial charge in [-0.1, -0.05) is 30.3 Å². The second kappa shape index (κ2) is 9.06. The summed E-state index contributed by atoms with van der Waals surface area (Å²) in [6.45, 7) is 0.777. The number of amides is 2. The minimum absolute atomic E-state index is 0.0783. The lowest BCUT2D eigenvalue weighted by molar-refractivity contribution is -0.126. The molecule has 0 aliphatic heterocycles. The first-order valence-corrected chi connectivity index (χ1v) is 6.46. The van der Waals surface area contributed by atoms with Gasteiger partial charge in [-0.3, -0.25) is 9.59 Å². The van der Waals surface area contributed by atoms with Gasteiger partial charge < -0.3 is 21.1 Å². The standard InChI is InChI=1S/C14H21N3O3/c1-20-8-7-16-13(18)10-17-14(19)12(15)9-11-5-3-2-4-6-11/h2-6,12H,7-10,15H2,1H3,(H,16,18)(H,17,19)/t12-/m1/s1. The van der Waals surface area contributed by atoms with Gasteiger partial charge >= 0.3 is 0 Å². The summed E-state index contributed by atoms with van der Waals surface area (Å²) >= 11 is 0. The molecule has 1 rings (SSSR count). The molecule has 0 spiro atoms. The average molecular weight is 279 g/mol. The molecule has 6 heteroatoms. The molecule has 0 radical (unpaired) electrons. The molecule has 4 N–H and O–H groups in total. The summed E-state index contributed by atoms with van der Waals surface area (Å²) in [6, 6.07) is 8.84. The first kappa shape index (κ1) is 16.1. The van der Waals surface area contributed by atoms with E-state index < -0.39 is 6.04 Å². The Balaban J connectivity index is 2.26. The third-order valence-corrected chi connectivity index (χ3v) is 2.69. The highest BCUT2D eigenvalue weighted by atomic mass is 16.5. The van der Waals surface area contributed by atoms with Crippen molar-refractivity contribution in [2.45, 2.75) is 12.5 Å². The minimum Gasteiger partial charge on any atom is -0.383 e. The average Bonchev–Trinajstić information content (AvgIpc) is 2.46. The molecule has 110 valence electrons. The third kappa shape index (κ3) is 6.31. The quantitative estimate of drug-likeness (QED) is 0.556. The Morgan fingerprint density at radius 2 is 1.95 bits per heavy atom. The van der Waals surface area contributed by atoms with Gasteiger partial charge in [0.2, 0.25) is 11.8 Å². The second-order valence-corrected chi connectivity index (χ2v) is 4.36. The molecule has 6 nitrogen and oxygen atoms in total. The van der Waals surface area contributed by atoms with Crippen LogP contribution in [0.25, 0.3) is 0 Å². The van der Waals surface area contributed by atoms with E-state index in [0.717, 1.165) is 5.56 Å². The fourth-order valence-corrected chi connectivity index (χ4v) is 1.61. The van der Waals surface area contributed by atoms with Gasteiger partial charge in [0.1, 0.15) is 0 Å². The van der Waals surface area contributed by atoms with Crippen molar-refractivity contribution in [2.75, 3.05) is 26.8 Å². The highest BCUT2D eigenvalue weighted by molar-refractivity contribution is 5.87. The Bertz CT molecular complexity index is 423. The van der Waals surface area contributed by atoms with Gasteiger partial charge in [0, 0.05) is 13.7 Å². The van der Waals surface area contributed by atoms with Crippen molar-refractivity contribution in [3.05, 3.63) is 35.9 Å². The number of carbonyl (C=O) groups excluding carboxylic acids is 2. The Hall–Kier alpha value is -1.92. The Kier molecular flexibility index (Phi) is 7.31. The minimum atomic E-state index is -0.663. The number of nitrogens with one attached hydrogen (secondary N) is 2. The second-order valence-electron chi connectivity index (χ2n) is 4.36. The highest BCUT2D eigenvalue weighted by Crippen LogP contribution is 2.01. The van der Waals surface area contributed by atoms with E-state index in [1.54, 1.807) is 7.11 Å². The third-order valence-electron chi connectivity index (χ3n) is 2.69. The summed E-state index contributed by atoms with van der Waals surface area (Å²) < 4.78 is 4.80. The number of hydrogen-bond acceptors (Lipinski definition) is 4. The van der Waals surface area contributed by atoms with Crippen molar-refractivity contribution in [3.63, 3.8) is 0 Å². The number of ether oxygens (including phenoxy) is 1. The predicted molar refractivity (Wildman–Crippen MR) is 76.0 cm³/mol. The van der Waals surface area contributed by atoms with Crippen LogP contribution in [0.5, 0.6) is 0 Å². The smallest absolute Gasteiger partial charge is 0.239 e. The summed E-state index contributed by atoms with van der Waals surface area (Å²) in [6.07, 6.45) is 0.442. The molecule has 0 saturated carbocycles. The Morgan fingerprint density at radius 3 is 2.60 bits per heavy atom. The van der Waals surface area contributed by atoms with E-state index in [1.165, 1.54) is 0 Å². The van der Waals surface area contributed by atoms with Crippen molar-refractivity contribution in [2.24, 2.45) is 5.73 Å². The van der Waals surface area contributed by atoms with E-state index in [1.807, 2.05) is 30.3 Å². The van der Waals surface area contributed by atoms with E-state index in [-0.39, 0.29) is 18.4 Å². The predicted octanol–water partition coefficient (Wildman–Crippen LogP) is -0.565. The van der Waals surface area contributed by atoms with Crippen LogP contribution in [-0.2, 0) is 20.7 Å². The summed E-state index contributed by atoms with van der Waals surface area (Å²) in [7, 11) is 1.55. The molecule has 0 aromatic heterocycles. The summed E-state index contributed by atoms with van der Waals surface area (Å²) in [5, 5.41) is 5.12. The molecular formula is C14H21N3O3. The zero-order chi connectivity index (χ0) is 14.8. The van der Waals surface area contributed by atoms with Crippen LogP contribution >= 0.6 is 0 Å². The van der Waals surface area contributed by atoms with Crippen LogP contribution in [0.4, 0.5) is 0 Å². The molecule has 0 aliphatic rings. The number of carbonyl (C=O) groups is 2. The van der Waals surface area contributed by atoms with Crippen LogP contribution in [0.1, 0.15) is 5.56 Å². The van der Waals surface area contributed by atoms with Gasteiger partial charge in [-0.25, -0.2) is 0 Å². The Labute approximate surface area is 118 Å². The van der Waals surface area contributed by atoms with E-state index in [4.69, 9.17) is 10.5 Å². The number of hydrogen-bond donors (Lipinski definition) is 3. The zero-order valence-corrected chi connectivity index (χ0v) is 11.6. The molecule has 0 aliphatic carbocycles. The van der Waals surface area contributed by atoms with Crippen LogP contribution in [0.3, 0.4) is 0 Å². The van der Waals surface area contributed by atoms with Gasteiger partial charge in [0.05, 0.1) is 19.2 Å².